The van der Waals surface area contributed by atoms with Gasteiger partial charge in [0.1, 0.15) is 0 Å². The van der Waals surface area contributed by atoms with Crippen molar-refractivity contribution in [2.75, 3.05) is 6.61 Å². The summed E-state index contributed by atoms with van der Waals surface area (Å²) >= 11 is 0. The number of allylic oxidation sites excluding steroid dienone is 2. The van der Waals surface area contributed by atoms with E-state index < -0.39 is 11.7 Å². The number of rotatable bonds is 7. The van der Waals surface area contributed by atoms with Crippen LogP contribution in [0, 0.1) is 0 Å². The summed E-state index contributed by atoms with van der Waals surface area (Å²) in [7, 11) is 0. The average Bonchev–Trinajstić information content (AvgIpc) is 3.03. The van der Waals surface area contributed by atoms with E-state index in [0.717, 1.165) is 11.6 Å². The first-order valence-electron chi connectivity index (χ1n) is 7.15. The van der Waals surface area contributed by atoms with E-state index in [0.29, 0.717) is 31.6 Å². The fourth-order valence-corrected chi connectivity index (χ4v) is 2.19. The van der Waals surface area contributed by atoms with Crippen LogP contribution in [0.15, 0.2) is 49.1 Å². The van der Waals surface area contributed by atoms with Crippen LogP contribution in [-0.2, 0) is 17.6 Å². The molecule has 2 rings (SSSR count). The van der Waals surface area contributed by atoms with Crippen LogP contribution < -0.4 is 5.90 Å². The number of hydrogen-bond donors (Lipinski definition) is 1. The number of benzene rings is 1. The number of nitrogens with zero attached hydrogens (tertiary/aromatic N) is 2. The number of hydrogen-bond acceptors (Lipinski definition) is 3. The lowest BCUT2D eigenvalue weighted by molar-refractivity contribution is -0.137. The Labute approximate surface area is 132 Å². The van der Waals surface area contributed by atoms with E-state index in [1.807, 2.05) is 10.6 Å². The highest BCUT2D eigenvalue weighted by atomic mass is 19.4. The Bertz CT molecular complexity index is 636. The van der Waals surface area contributed by atoms with Crippen LogP contribution in [0.2, 0.25) is 0 Å². The van der Waals surface area contributed by atoms with Crippen LogP contribution in [0.4, 0.5) is 13.2 Å². The zero-order valence-electron chi connectivity index (χ0n) is 12.5. The van der Waals surface area contributed by atoms with Gasteiger partial charge < -0.3 is 9.40 Å². The van der Waals surface area contributed by atoms with Gasteiger partial charge in [-0.3, -0.25) is 0 Å². The number of halogens is 3. The molecule has 2 aromatic rings. The Morgan fingerprint density at radius 1 is 1.35 bits per heavy atom. The molecule has 7 heteroatoms. The first-order chi connectivity index (χ1) is 11.0. The van der Waals surface area contributed by atoms with Crippen molar-refractivity contribution in [3.63, 3.8) is 0 Å². The second kappa shape index (κ2) is 7.94. The number of imidazole rings is 1. The maximum absolute atomic E-state index is 12.9. The highest BCUT2D eigenvalue weighted by Gasteiger charge is 2.30. The maximum atomic E-state index is 12.9. The summed E-state index contributed by atoms with van der Waals surface area (Å²) < 4.78 is 40.5. The number of nitrogens with two attached hydrogens (primary N) is 1. The largest absolute Gasteiger partial charge is 0.416 e. The molecule has 1 aromatic carbocycles. The van der Waals surface area contributed by atoms with Crippen molar-refractivity contribution in [2.45, 2.75) is 25.6 Å². The van der Waals surface area contributed by atoms with Crippen molar-refractivity contribution in [1.29, 1.82) is 0 Å². The summed E-state index contributed by atoms with van der Waals surface area (Å²) in [6.07, 6.45) is 3.94. The van der Waals surface area contributed by atoms with Crippen LogP contribution in [0.3, 0.4) is 0 Å². The molecule has 23 heavy (non-hydrogen) atoms. The van der Waals surface area contributed by atoms with Gasteiger partial charge in [0.05, 0.1) is 18.5 Å². The van der Waals surface area contributed by atoms with Crippen molar-refractivity contribution in [3.8, 4) is 0 Å². The summed E-state index contributed by atoms with van der Waals surface area (Å²) in [6.45, 7) is 0.849. The summed E-state index contributed by atoms with van der Waals surface area (Å²) in [5.74, 6) is 4.98. The van der Waals surface area contributed by atoms with E-state index in [1.165, 1.54) is 12.1 Å². The Morgan fingerprint density at radius 3 is 2.83 bits per heavy atom. The lowest BCUT2D eigenvalue weighted by Crippen LogP contribution is -2.06. The highest BCUT2D eigenvalue weighted by molar-refractivity contribution is 5.66. The molecule has 0 bridgehead atoms. The van der Waals surface area contributed by atoms with Crippen LogP contribution in [0.1, 0.15) is 24.0 Å². The van der Waals surface area contributed by atoms with E-state index >= 15 is 0 Å². The third-order valence-electron chi connectivity index (χ3n) is 3.33. The van der Waals surface area contributed by atoms with Gasteiger partial charge >= 0.3 is 6.18 Å². The smallest absolute Gasteiger partial charge is 0.333 e. The van der Waals surface area contributed by atoms with Crippen molar-refractivity contribution in [1.82, 2.24) is 9.55 Å². The van der Waals surface area contributed by atoms with Gasteiger partial charge in [-0.15, -0.1) is 0 Å². The third-order valence-corrected chi connectivity index (χ3v) is 3.33. The van der Waals surface area contributed by atoms with Crippen LogP contribution in [-0.4, -0.2) is 16.2 Å². The maximum Gasteiger partial charge on any atom is 0.416 e. The molecule has 0 saturated heterocycles. The quantitative estimate of drug-likeness (QED) is 0.624. The van der Waals surface area contributed by atoms with Crippen molar-refractivity contribution >= 4 is 5.57 Å². The summed E-state index contributed by atoms with van der Waals surface area (Å²) in [6, 6.07) is 5.34. The molecule has 0 saturated carbocycles. The third kappa shape index (κ3) is 5.22. The lowest BCUT2D eigenvalue weighted by Gasteiger charge is -2.12. The van der Waals surface area contributed by atoms with E-state index in [4.69, 9.17) is 5.90 Å². The van der Waals surface area contributed by atoms with Gasteiger partial charge in [-0.1, -0.05) is 18.2 Å². The van der Waals surface area contributed by atoms with E-state index in [1.54, 1.807) is 24.8 Å². The monoisotopic (exact) mass is 325 g/mol. The van der Waals surface area contributed by atoms with Gasteiger partial charge in [0.2, 0.25) is 0 Å². The zero-order valence-corrected chi connectivity index (χ0v) is 12.5. The molecule has 0 aliphatic rings. The fraction of sp³-hybridized carbons (Fsp3) is 0.312. The van der Waals surface area contributed by atoms with Crippen LogP contribution >= 0.6 is 0 Å². The molecule has 2 N–H and O–H groups in total. The molecule has 1 heterocycles. The van der Waals surface area contributed by atoms with Gasteiger partial charge in [-0.2, -0.15) is 13.2 Å². The minimum atomic E-state index is -4.36. The van der Waals surface area contributed by atoms with Gasteiger partial charge in [-0.25, -0.2) is 10.9 Å². The molecule has 0 radical (unpaired) electrons. The first kappa shape index (κ1) is 17.2. The number of unbranched alkanes of at least 4 members (excludes halogenated alkanes) is 1. The Morgan fingerprint density at radius 2 is 2.17 bits per heavy atom. The normalized spacial score (nSPS) is 12.6. The molecule has 0 atom stereocenters. The fourth-order valence-electron chi connectivity index (χ4n) is 2.19. The molecule has 0 unspecified atom stereocenters. The molecule has 0 spiro atoms. The van der Waals surface area contributed by atoms with Crippen LogP contribution in [0.25, 0.3) is 5.57 Å². The molecule has 0 aliphatic heterocycles. The summed E-state index contributed by atoms with van der Waals surface area (Å²) in [5, 5.41) is 0. The molecule has 0 aliphatic carbocycles. The molecular formula is C16H18F3N3O. The summed E-state index contributed by atoms with van der Waals surface area (Å²) in [5.41, 5.74) is 0.685. The molecule has 0 amide bonds. The van der Waals surface area contributed by atoms with Crippen LogP contribution in [0.5, 0.6) is 0 Å². The van der Waals surface area contributed by atoms with E-state index in [9.17, 15) is 13.2 Å². The van der Waals surface area contributed by atoms with Crippen molar-refractivity contribution in [3.05, 3.63) is 60.2 Å². The summed E-state index contributed by atoms with van der Waals surface area (Å²) in [4.78, 5) is 8.46. The predicted octanol–water partition coefficient (Wildman–Crippen LogP) is 3.66. The first-order valence-corrected chi connectivity index (χ1v) is 7.15. The number of aromatic nitrogens is 2. The average molecular weight is 325 g/mol. The SMILES string of the molecule is NOCCCC=C(Cn1ccnc1)c1cccc(C(F)(F)F)c1. The molecule has 4 nitrogen and oxygen atoms in total. The van der Waals surface area contributed by atoms with E-state index in [2.05, 4.69) is 9.82 Å². The lowest BCUT2D eigenvalue weighted by atomic mass is 10.0. The topological polar surface area (TPSA) is 53.1 Å². The van der Waals surface area contributed by atoms with Gasteiger partial charge in [0.15, 0.2) is 0 Å². The molecule has 124 valence electrons. The number of alkyl halides is 3. The zero-order chi connectivity index (χ0) is 16.7. The van der Waals surface area contributed by atoms with Gasteiger partial charge in [0, 0.05) is 18.9 Å². The van der Waals surface area contributed by atoms with Gasteiger partial charge in [-0.05, 0) is 36.1 Å². The second-order valence-corrected chi connectivity index (χ2v) is 5.06. The standard InChI is InChI=1S/C16H18F3N3O/c17-16(18,19)15-6-3-5-13(10-15)14(4-1-2-9-23-20)11-22-8-7-21-12-22/h3-8,10,12H,1-2,9,11,20H2. The molecule has 0 fully saturated rings. The minimum absolute atomic E-state index is 0.400. The van der Waals surface area contributed by atoms with Crippen molar-refractivity contribution in [2.24, 2.45) is 5.90 Å². The molecular weight excluding hydrogens is 307 g/mol. The Kier molecular flexibility index (Phi) is 5.95. The Balaban J connectivity index is 2.25. The highest BCUT2D eigenvalue weighted by Crippen LogP contribution is 2.31. The Hall–Kier alpha value is -2.12. The van der Waals surface area contributed by atoms with Crippen molar-refractivity contribution < 1.29 is 18.0 Å². The second-order valence-electron chi connectivity index (χ2n) is 5.06. The van der Waals surface area contributed by atoms with E-state index in [-0.39, 0.29) is 0 Å². The predicted molar refractivity (Wildman–Crippen MR) is 81.0 cm³/mol. The van der Waals surface area contributed by atoms with Gasteiger partial charge in [0.25, 0.3) is 0 Å². The molecule has 1 aromatic heterocycles. The minimum Gasteiger partial charge on any atom is -0.333 e.